The van der Waals surface area contributed by atoms with E-state index in [4.69, 9.17) is 22.1 Å². The molecule has 0 radical (unpaired) electrons. The second kappa shape index (κ2) is 6.12. The highest BCUT2D eigenvalue weighted by molar-refractivity contribution is 6.30. The summed E-state index contributed by atoms with van der Waals surface area (Å²) in [6.45, 7) is 5.84. The van der Waals surface area contributed by atoms with Crippen molar-refractivity contribution in [3.05, 3.63) is 23.2 Å². The Balaban J connectivity index is 2.59. The number of anilines is 1. The average Bonchev–Trinajstić information content (AvgIpc) is 2.29. The summed E-state index contributed by atoms with van der Waals surface area (Å²) in [5.74, 6) is 0.806. The van der Waals surface area contributed by atoms with Gasteiger partial charge in [-0.05, 0) is 36.6 Å². The van der Waals surface area contributed by atoms with E-state index in [1.807, 2.05) is 18.2 Å². The second-order valence-electron chi connectivity index (χ2n) is 4.89. The van der Waals surface area contributed by atoms with Crippen molar-refractivity contribution >= 4 is 17.3 Å². The van der Waals surface area contributed by atoms with E-state index in [9.17, 15) is 0 Å². The summed E-state index contributed by atoms with van der Waals surface area (Å²) in [5, 5.41) is 4.03. The Morgan fingerprint density at radius 3 is 2.71 bits per heavy atom. The molecule has 0 amide bonds. The molecule has 0 saturated heterocycles. The predicted molar refractivity (Wildman–Crippen MR) is 73.9 cm³/mol. The molecule has 96 valence electrons. The van der Waals surface area contributed by atoms with Gasteiger partial charge in [0.25, 0.3) is 0 Å². The number of methoxy groups -OCH3 is 1. The number of nitrogens with one attached hydrogen (secondary N) is 1. The summed E-state index contributed by atoms with van der Waals surface area (Å²) < 4.78 is 5.26. The van der Waals surface area contributed by atoms with E-state index in [-0.39, 0.29) is 5.41 Å². The summed E-state index contributed by atoms with van der Waals surface area (Å²) in [4.78, 5) is 0. The van der Waals surface area contributed by atoms with E-state index < -0.39 is 0 Å². The number of halogens is 1. The molecule has 0 atom stereocenters. The average molecular weight is 257 g/mol. The van der Waals surface area contributed by atoms with Crippen LogP contribution >= 0.6 is 11.6 Å². The number of ether oxygens (including phenoxy) is 1. The molecule has 0 bridgehead atoms. The third kappa shape index (κ3) is 4.44. The van der Waals surface area contributed by atoms with Crippen molar-refractivity contribution in [2.75, 3.05) is 25.5 Å². The molecular weight excluding hydrogens is 236 g/mol. The van der Waals surface area contributed by atoms with Gasteiger partial charge in [-0.25, -0.2) is 0 Å². The van der Waals surface area contributed by atoms with E-state index in [2.05, 4.69) is 19.2 Å². The lowest BCUT2D eigenvalue weighted by molar-refractivity contribution is 0.357. The maximum absolute atomic E-state index is 5.95. The van der Waals surface area contributed by atoms with Gasteiger partial charge in [-0.1, -0.05) is 25.4 Å². The van der Waals surface area contributed by atoms with Gasteiger partial charge in [-0.2, -0.15) is 0 Å². The van der Waals surface area contributed by atoms with Crippen LogP contribution in [0.15, 0.2) is 18.2 Å². The molecule has 0 fully saturated rings. The zero-order valence-corrected chi connectivity index (χ0v) is 11.5. The predicted octanol–water partition coefficient (Wildman–Crippen LogP) is 3.14. The quantitative estimate of drug-likeness (QED) is 0.822. The van der Waals surface area contributed by atoms with Gasteiger partial charge in [0.05, 0.1) is 12.8 Å². The smallest absolute Gasteiger partial charge is 0.142 e. The lowest BCUT2D eigenvalue weighted by Crippen LogP contribution is -2.26. The maximum Gasteiger partial charge on any atom is 0.142 e. The molecular formula is C13H21ClN2O. The molecule has 1 aromatic rings. The third-order valence-corrected chi connectivity index (χ3v) is 3.07. The van der Waals surface area contributed by atoms with Gasteiger partial charge in [-0.3, -0.25) is 0 Å². The molecule has 4 heteroatoms. The minimum atomic E-state index is 0.152. The first-order valence-electron chi connectivity index (χ1n) is 5.76. The Labute approximate surface area is 108 Å². The Bertz CT molecular complexity index is 366. The fourth-order valence-electron chi connectivity index (χ4n) is 1.46. The number of rotatable bonds is 6. The Hall–Kier alpha value is -0.930. The van der Waals surface area contributed by atoms with E-state index >= 15 is 0 Å². The lowest BCUT2D eigenvalue weighted by atomic mass is 9.90. The molecule has 1 aromatic carbocycles. The van der Waals surface area contributed by atoms with Crippen LogP contribution < -0.4 is 15.8 Å². The summed E-state index contributed by atoms with van der Waals surface area (Å²) in [6.07, 6.45) is 0.999. The van der Waals surface area contributed by atoms with Crippen LogP contribution in [-0.4, -0.2) is 20.2 Å². The summed E-state index contributed by atoms with van der Waals surface area (Å²) in [7, 11) is 1.65. The third-order valence-electron chi connectivity index (χ3n) is 2.83. The van der Waals surface area contributed by atoms with Crippen LogP contribution in [0.2, 0.25) is 5.02 Å². The molecule has 0 heterocycles. The van der Waals surface area contributed by atoms with Crippen LogP contribution in [0.4, 0.5) is 5.69 Å². The molecule has 0 aliphatic carbocycles. The van der Waals surface area contributed by atoms with Crippen molar-refractivity contribution in [2.45, 2.75) is 20.3 Å². The van der Waals surface area contributed by atoms with Crippen LogP contribution in [0, 0.1) is 5.41 Å². The van der Waals surface area contributed by atoms with Crippen molar-refractivity contribution < 1.29 is 4.74 Å². The minimum Gasteiger partial charge on any atom is -0.495 e. The summed E-state index contributed by atoms with van der Waals surface area (Å²) >= 11 is 5.95. The van der Waals surface area contributed by atoms with E-state index in [1.165, 1.54) is 0 Å². The van der Waals surface area contributed by atoms with Crippen molar-refractivity contribution in [1.82, 2.24) is 0 Å². The molecule has 0 aliphatic rings. The lowest BCUT2D eigenvalue weighted by Gasteiger charge is -2.22. The van der Waals surface area contributed by atoms with Crippen LogP contribution in [0.5, 0.6) is 5.75 Å². The van der Waals surface area contributed by atoms with Crippen molar-refractivity contribution in [1.29, 1.82) is 0 Å². The molecule has 0 spiro atoms. The van der Waals surface area contributed by atoms with Gasteiger partial charge in [-0.15, -0.1) is 0 Å². The SMILES string of the molecule is COc1ccc(Cl)cc1NCCC(C)(C)CN. The van der Waals surface area contributed by atoms with Gasteiger partial charge >= 0.3 is 0 Å². The van der Waals surface area contributed by atoms with Gasteiger partial charge in [0.15, 0.2) is 0 Å². The molecule has 0 unspecified atom stereocenters. The Morgan fingerprint density at radius 2 is 2.12 bits per heavy atom. The zero-order valence-electron chi connectivity index (χ0n) is 10.7. The Morgan fingerprint density at radius 1 is 1.41 bits per heavy atom. The molecule has 0 saturated carbocycles. The summed E-state index contributed by atoms with van der Waals surface area (Å²) in [6, 6.07) is 5.55. The zero-order chi connectivity index (χ0) is 12.9. The fourth-order valence-corrected chi connectivity index (χ4v) is 1.63. The molecule has 0 aromatic heterocycles. The van der Waals surface area contributed by atoms with Crippen molar-refractivity contribution in [3.63, 3.8) is 0 Å². The molecule has 1 rings (SSSR count). The molecule has 17 heavy (non-hydrogen) atoms. The maximum atomic E-state index is 5.95. The van der Waals surface area contributed by atoms with E-state index in [0.717, 1.165) is 24.4 Å². The normalized spacial score (nSPS) is 11.4. The second-order valence-corrected chi connectivity index (χ2v) is 5.33. The standard InChI is InChI=1S/C13H21ClN2O/c1-13(2,9-15)6-7-16-11-8-10(14)4-5-12(11)17-3/h4-5,8,16H,6-7,9,15H2,1-3H3. The highest BCUT2D eigenvalue weighted by Crippen LogP contribution is 2.28. The van der Waals surface area contributed by atoms with Gasteiger partial charge in [0.1, 0.15) is 5.75 Å². The molecule has 0 aliphatic heterocycles. The van der Waals surface area contributed by atoms with Crippen LogP contribution in [0.1, 0.15) is 20.3 Å². The van der Waals surface area contributed by atoms with Gasteiger partial charge in [0, 0.05) is 11.6 Å². The largest absolute Gasteiger partial charge is 0.495 e. The summed E-state index contributed by atoms with van der Waals surface area (Å²) in [5.41, 5.74) is 6.77. The van der Waals surface area contributed by atoms with Crippen LogP contribution in [0.3, 0.4) is 0 Å². The van der Waals surface area contributed by atoms with E-state index in [1.54, 1.807) is 7.11 Å². The van der Waals surface area contributed by atoms with Crippen LogP contribution in [-0.2, 0) is 0 Å². The Kier molecular flexibility index (Phi) is 5.09. The number of benzene rings is 1. The van der Waals surface area contributed by atoms with Crippen molar-refractivity contribution in [2.24, 2.45) is 11.1 Å². The molecule has 3 N–H and O–H groups in total. The first kappa shape index (κ1) is 14.1. The van der Waals surface area contributed by atoms with Crippen LogP contribution in [0.25, 0.3) is 0 Å². The number of hydrogen-bond acceptors (Lipinski definition) is 3. The monoisotopic (exact) mass is 256 g/mol. The first-order valence-corrected chi connectivity index (χ1v) is 6.14. The molecule has 3 nitrogen and oxygen atoms in total. The highest BCUT2D eigenvalue weighted by atomic mass is 35.5. The first-order chi connectivity index (χ1) is 7.98. The van der Waals surface area contributed by atoms with Crippen molar-refractivity contribution in [3.8, 4) is 5.75 Å². The fraction of sp³-hybridized carbons (Fsp3) is 0.538. The number of nitrogens with two attached hydrogens (primary N) is 1. The van der Waals surface area contributed by atoms with E-state index in [0.29, 0.717) is 11.6 Å². The topological polar surface area (TPSA) is 47.3 Å². The van der Waals surface area contributed by atoms with Gasteiger partial charge < -0.3 is 15.8 Å². The highest BCUT2D eigenvalue weighted by Gasteiger charge is 2.15. The minimum absolute atomic E-state index is 0.152. The number of hydrogen-bond donors (Lipinski definition) is 2. The van der Waals surface area contributed by atoms with Gasteiger partial charge in [0.2, 0.25) is 0 Å².